The number of carboxylic acids is 1. The lowest BCUT2D eigenvalue weighted by atomic mass is 9.98. The van der Waals surface area contributed by atoms with Gasteiger partial charge in [0.2, 0.25) is 5.91 Å². The zero-order valence-electron chi connectivity index (χ0n) is 23.3. The Labute approximate surface area is 243 Å². The van der Waals surface area contributed by atoms with E-state index in [9.17, 15) is 19.5 Å². The van der Waals surface area contributed by atoms with Gasteiger partial charge in [-0.3, -0.25) is 9.48 Å². The predicted molar refractivity (Wildman–Crippen MR) is 155 cm³/mol. The molecule has 5 rings (SSSR count). The molecule has 2 amide bonds. The summed E-state index contributed by atoms with van der Waals surface area (Å²) >= 11 is 0. The Bertz CT molecular complexity index is 1540. The molecule has 42 heavy (non-hydrogen) atoms. The molecule has 4 aromatic rings. The highest BCUT2D eigenvalue weighted by Gasteiger charge is 2.32. The van der Waals surface area contributed by atoms with E-state index in [0.29, 0.717) is 5.69 Å². The van der Waals surface area contributed by atoms with Crippen LogP contribution in [0.3, 0.4) is 0 Å². The fourth-order valence-corrected chi connectivity index (χ4v) is 5.19. The van der Waals surface area contributed by atoms with Gasteiger partial charge in [-0.1, -0.05) is 78.9 Å². The largest absolute Gasteiger partial charge is 0.478 e. The summed E-state index contributed by atoms with van der Waals surface area (Å²) in [6, 6.07) is 24.4. The van der Waals surface area contributed by atoms with Crippen LogP contribution in [0.15, 0.2) is 85.1 Å². The van der Waals surface area contributed by atoms with Crippen LogP contribution in [-0.2, 0) is 34.5 Å². The van der Waals surface area contributed by atoms with E-state index < -0.39 is 30.1 Å². The third-order valence-electron chi connectivity index (χ3n) is 7.45. The van der Waals surface area contributed by atoms with Gasteiger partial charge < -0.3 is 25.2 Å². The maximum atomic E-state index is 13.4. The number of carboxylic acid groups (broad SMARTS) is 1. The van der Waals surface area contributed by atoms with Crippen molar-refractivity contribution in [2.24, 2.45) is 7.05 Å². The number of aromatic nitrogens is 2. The Morgan fingerprint density at radius 2 is 1.57 bits per heavy atom. The van der Waals surface area contributed by atoms with Gasteiger partial charge in [0.05, 0.1) is 31.1 Å². The van der Waals surface area contributed by atoms with Crippen molar-refractivity contribution in [2.45, 2.75) is 38.1 Å². The number of hydrogen-bond acceptors (Lipinski definition) is 6. The molecule has 1 heterocycles. The van der Waals surface area contributed by atoms with Gasteiger partial charge in [-0.05, 0) is 34.7 Å². The van der Waals surface area contributed by atoms with Crippen LogP contribution in [-0.4, -0.2) is 51.6 Å². The van der Waals surface area contributed by atoms with E-state index in [0.717, 1.165) is 27.8 Å². The number of carbonyl (C=O) groups excluding carboxylic acids is 2. The fourth-order valence-electron chi connectivity index (χ4n) is 5.19. The van der Waals surface area contributed by atoms with E-state index in [4.69, 9.17) is 9.47 Å². The maximum Gasteiger partial charge on any atom is 0.407 e. The summed E-state index contributed by atoms with van der Waals surface area (Å²) in [7, 11) is 1.59. The summed E-state index contributed by atoms with van der Waals surface area (Å²) in [4.78, 5) is 38.0. The number of fused-ring (bicyclic) bond motifs is 3. The molecule has 10 nitrogen and oxygen atoms in total. The van der Waals surface area contributed by atoms with Crippen LogP contribution in [0.2, 0.25) is 0 Å². The smallest absolute Gasteiger partial charge is 0.407 e. The van der Waals surface area contributed by atoms with Crippen LogP contribution in [0.1, 0.15) is 45.6 Å². The number of aryl methyl sites for hydroxylation is 1. The van der Waals surface area contributed by atoms with Crippen molar-refractivity contribution in [1.82, 2.24) is 20.4 Å². The Morgan fingerprint density at radius 1 is 0.952 bits per heavy atom. The summed E-state index contributed by atoms with van der Waals surface area (Å²) in [5, 5.41) is 18.8. The molecule has 216 valence electrons. The summed E-state index contributed by atoms with van der Waals surface area (Å²) in [6.07, 6.45) is -0.280. The molecule has 0 radical (unpaired) electrons. The van der Waals surface area contributed by atoms with Crippen LogP contribution in [0.25, 0.3) is 11.1 Å². The molecular formula is C32H32N4O6. The molecule has 0 fully saturated rings. The standard InChI is InChI=1S/C32H32N4O6/c1-20(41-18-21-10-4-3-5-11-21)29(30(37)33-17-28-26(31(38)39)16-34-36(28)2)35-32(40)42-19-27-24-14-8-6-12-22(24)23-13-7-9-15-25(23)27/h3-16,20,27,29H,17-19H2,1-2H3,(H,33,37)(H,35,40)(H,38,39)/t20-,29+/m0/s1. The first-order valence-corrected chi connectivity index (χ1v) is 13.6. The first kappa shape index (κ1) is 28.6. The second-order valence-corrected chi connectivity index (χ2v) is 10.1. The third-order valence-corrected chi connectivity index (χ3v) is 7.45. The second-order valence-electron chi connectivity index (χ2n) is 10.1. The van der Waals surface area contributed by atoms with E-state index in [1.165, 1.54) is 10.9 Å². The zero-order valence-corrected chi connectivity index (χ0v) is 23.3. The second kappa shape index (κ2) is 12.7. The molecule has 3 aromatic carbocycles. The number of benzene rings is 3. The molecule has 0 unspecified atom stereocenters. The molecule has 0 saturated carbocycles. The summed E-state index contributed by atoms with van der Waals surface area (Å²) < 4.78 is 13.0. The number of alkyl carbamates (subject to hydrolysis) is 1. The number of ether oxygens (including phenoxy) is 2. The molecular weight excluding hydrogens is 536 g/mol. The fraction of sp³-hybridized carbons (Fsp3) is 0.250. The van der Waals surface area contributed by atoms with Gasteiger partial charge in [-0.2, -0.15) is 5.10 Å². The highest BCUT2D eigenvalue weighted by atomic mass is 16.5. The van der Waals surface area contributed by atoms with Crippen molar-refractivity contribution >= 4 is 18.0 Å². The first-order chi connectivity index (χ1) is 20.3. The quantitative estimate of drug-likeness (QED) is 0.247. The number of aromatic carboxylic acids is 1. The number of rotatable bonds is 11. The van der Waals surface area contributed by atoms with Crippen LogP contribution >= 0.6 is 0 Å². The molecule has 3 N–H and O–H groups in total. The Kier molecular flexibility index (Phi) is 8.63. The SMILES string of the molecule is C[C@H](OCc1ccccc1)[C@@H](NC(=O)OCC1c2ccccc2-c2ccccc21)C(=O)NCc1c(C(=O)O)cnn1C. The highest BCUT2D eigenvalue weighted by Crippen LogP contribution is 2.44. The van der Waals surface area contributed by atoms with Crippen molar-refractivity contribution < 1.29 is 29.0 Å². The average molecular weight is 569 g/mol. The first-order valence-electron chi connectivity index (χ1n) is 13.6. The van der Waals surface area contributed by atoms with Crippen LogP contribution in [0.5, 0.6) is 0 Å². The van der Waals surface area contributed by atoms with Crippen molar-refractivity contribution in [1.29, 1.82) is 0 Å². The number of carbonyl (C=O) groups is 3. The Balaban J connectivity index is 1.28. The highest BCUT2D eigenvalue weighted by molar-refractivity contribution is 5.89. The van der Waals surface area contributed by atoms with Gasteiger partial charge in [-0.25, -0.2) is 9.59 Å². The molecule has 0 saturated heterocycles. The minimum atomic E-state index is -1.15. The van der Waals surface area contributed by atoms with Gasteiger partial charge in [0.15, 0.2) is 0 Å². The zero-order chi connectivity index (χ0) is 29.6. The van der Waals surface area contributed by atoms with Crippen LogP contribution in [0.4, 0.5) is 4.79 Å². The van der Waals surface area contributed by atoms with E-state index >= 15 is 0 Å². The lowest BCUT2D eigenvalue weighted by Crippen LogP contribution is -2.53. The van der Waals surface area contributed by atoms with Crippen molar-refractivity contribution in [2.75, 3.05) is 6.61 Å². The van der Waals surface area contributed by atoms with E-state index in [1.54, 1.807) is 14.0 Å². The van der Waals surface area contributed by atoms with Gasteiger partial charge in [0.25, 0.3) is 0 Å². The number of amides is 2. The van der Waals surface area contributed by atoms with Gasteiger partial charge >= 0.3 is 12.1 Å². The van der Waals surface area contributed by atoms with Gasteiger partial charge in [0, 0.05) is 13.0 Å². The lowest BCUT2D eigenvalue weighted by molar-refractivity contribution is -0.127. The maximum absolute atomic E-state index is 13.4. The van der Waals surface area contributed by atoms with Gasteiger partial charge in [0.1, 0.15) is 18.2 Å². The molecule has 0 spiro atoms. The number of nitrogens with one attached hydrogen (secondary N) is 2. The van der Waals surface area contributed by atoms with Crippen LogP contribution < -0.4 is 10.6 Å². The monoisotopic (exact) mass is 568 g/mol. The van der Waals surface area contributed by atoms with Crippen molar-refractivity contribution in [3.8, 4) is 11.1 Å². The normalized spacial score (nSPS) is 13.5. The van der Waals surface area contributed by atoms with E-state index in [2.05, 4.69) is 27.9 Å². The molecule has 0 aliphatic heterocycles. The molecule has 2 atom stereocenters. The summed E-state index contributed by atoms with van der Waals surface area (Å²) in [6.45, 7) is 1.89. The Hall–Kier alpha value is -4.96. The lowest BCUT2D eigenvalue weighted by Gasteiger charge is -2.25. The van der Waals surface area contributed by atoms with Crippen molar-refractivity contribution in [3.05, 3.63) is 113 Å². The molecule has 1 aromatic heterocycles. The molecule has 0 bridgehead atoms. The summed E-state index contributed by atoms with van der Waals surface area (Å²) in [5.41, 5.74) is 5.57. The minimum Gasteiger partial charge on any atom is -0.478 e. The Morgan fingerprint density at radius 3 is 2.21 bits per heavy atom. The van der Waals surface area contributed by atoms with Crippen LogP contribution in [0, 0.1) is 0 Å². The molecule has 10 heteroatoms. The number of nitrogens with zero attached hydrogens (tertiary/aromatic N) is 2. The topological polar surface area (TPSA) is 132 Å². The third kappa shape index (κ3) is 6.18. The number of hydrogen-bond donors (Lipinski definition) is 3. The molecule has 1 aliphatic carbocycles. The van der Waals surface area contributed by atoms with Crippen molar-refractivity contribution in [3.63, 3.8) is 0 Å². The average Bonchev–Trinajstić information content (AvgIpc) is 3.54. The van der Waals surface area contributed by atoms with E-state index in [-0.39, 0.29) is 31.2 Å². The predicted octanol–water partition coefficient (Wildman–Crippen LogP) is 4.25. The van der Waals surface area contributed by atoms with E-state index in [1.807, 2.05) is 66.7 Å². The minimum absolute atomic E-state index is 0.0211. The summed E-state index contributed by atoms with van der Waals surface area (Å²) in [5.74, 6) is -1.84. The molecule has 1 aliphatic rings. The van der Waals surface area contributed by atoms with Gasteiger partial charge in [-0.15, -0.1) is 0 Å².